The van der Waals surface area contributed by atoms with Crippen molar-refractivity contribution in [3.8, 4) is 0 Å². The van der Waals surface area contributed by atoms with E-state index in [-0.39, 0.29) is 0 Å². The average molecular weight is 193 g/mol. The SMILES string of the molecule is CCCC(CCC)c1cnc(N)nc1. The first-order chi connectivity index (χ1) is 6.77. The quantitative estimate of drug-likeness (QED) is 0.782. The zero-order valence-electron chi connectivity index (χ0n) is 9.03. The first kappa shape index (κ1) is 11.0. The number of hydrogen-bond acceptors (Lipinski definition) is 3. The standard InChI is InChI=1S/C11H19N3/c1-3-5-9(6-4-2)10-7-13-11(12)14-8-10/h7-9H,3-6H2,1-2H3,(H2,12,13,14). The molecule has 0 amide bonds. The lowest BCUT2D eigenvalue weighted by Crippen LogP contribution is -2.02. The van der Waals surface area contributed by atoms with Crippen LogP contribution >= 0.6 is 0 Å². The zero-order valence-corrected chi connectivity index (χ0v) is 9.03. The minimum Gasteiger partial charge on any atom is -0.368 e. The van der Waals surface area contributed by atoms with Gasteiger partial charge in [-0.2, -0.15) is 0 Å². The highest BCUT2D eigenvalue weighted by Crippen LogP contribution is 2.25. The fourth-order valence-electron chi connectivity index (χ4n) is 1.73. The van der Waals surface area contributed by atoms with E-state index in [2.05, 4.69) is 23.8 Å². The average Bonchev–Trinajstić information content (AvgIpc) is 2.19. The molecular formula is C11H19N3. The Hall–Kier alpha value is -1.12. The van der Waals surface area contributed by atoms with Crippen LogP contribution in [-0.2, 0) is 0 Å². The van der Waals surface area contributed by atoms with E-state index in [9.17, 15) is 0 Å². The smallest absolute Gasteiger partial charge is 0.219 e. The molecule has 14 heavy (non-hydrogen) atoms. The molecule has 0 unspecified atom stereocenters. The lowest BCUT2D eigenvalue weighted by molar-refractivity contribution is 0.557. The normalized spacial score (nSPS) is 10.8. The largest absolute Gasteiger partial charge is 0.368 e. The van der Waals surface area contributed by atoms with Crippen LogP contribution in [0.3, 0.4) is 0 Å². The van der Waals surface area contributed by atoms with Crippen LogP contribution in [0, 0.1) is 0 Å². The Morgan fingerprint density at radius 3 is 2.07 bits per heavy atom. The molecule has 0 atom stereocenters. The van der Waals surface area contributed by atoms with Gasteiger partial charge in [-0.3, -0.25) is 0 Å². The van der Waals surface area contributed by atoms with E-state index in [0.717, 1.165) is 0 Å². The van der Waals surface area contributed by atoms with Gasteiger partial charge in [-0.15, -0.1) is 0 Å². The number of nitrogens with zero attached hydrogens (tertiary/aromatic N) is 2. The van der Waals surface area contributed by atoms with Crippen molar-refractivity contribution in [1.29, 1.82) is 0 Å². The van der Waals surface area contributed by atoms with Crippen molar-refractivity contribution in [2.24, 2.45) is 0 Å². The van der Waals surface area contributed by atoms with Gasteiger partial charge in [0, 0.05) is 12.4 Å². The predicted octanol–water partition coefficient (Wildman–Crippen LogP) is 2.74. The van der Waals surface area contributed by atoms with E-state index >= 15 is 0 Å². The minimum atomic E-state index is 0.362. The third kappa shape index (κ3) is 2.98. The molecule has 0 aliphatic carbocycles. The second-order valence-electron chi connectivity index (χ2n) is 3.65. The Morgan fingerprint density at radius 2 is 1.64 bits per heavy atom. The first-order valence-corrected chi connectivity index (χ1v) is 5.35. The van der Waals surface area contributed by atoms with E-state index in [1.165, 1.54) is 31.2 Å². The maximum Gasteiger partial charge on any atom is 0.219 e. The molecule has 0 saturated carbocycles. The van der Waals surface area contributed by atoms with Gasteiger partial charge in [-0.1, -0.05) is 26.7 Å². The maximum absolute atomic E-state index is 5.45. The second kappa shape index (κ2) is 5.58. The topological polar surface area (TPSA) is 51.8 Å². The number of hydrogen-bond donors (Lipinski definition) is 1. The molecule has 0 spiro atoms. The van der Waals surface area contributed by atoms with Crippen LogP contribution in [0.1, 0.15) is 51.0 Å². The van der Waals surface area contributed by atoms with E-state index in [4.69, 9.17) is 5.73 Å². The molecule has 1 aromatic rings. The van der Waals surface area contributed by atoms with Gasteiger partial charge in [0.15, 0.2) is 0 Å². The lowest BCUT2D eigenvalue weighted by Gasteiger charge is -2.14. The van der Waals surface area contributed by atoms with Gasteiger partial charge in [0.05, 0.1) is 0 Å². The Morgan fingerprint density at radius 1 is 1.14 bits per heavy atom. The molecule has 1 aromatic heterocycles. The predicted molar refractivity (Wildman–Crippen MR) is 59.0 cm³/mol. The Labute approximate surface area is 85.8 Å². The second-order valence-corrected chi connectivity index (χ2v) is 3.65. The van der Waals surface area contributed by atoms with Crippen molar-refractivity contribution in [2.75, 3.05) is 5.73 Å². The highest BCUT2D eigenvalue weighted by Gasteiger charge is 2.09. The summed E-state index contributed by atoms with van der Waals surface area (Å²) in [6.45, 7) is 4.42. The molecule has 2 N–H and O–H groups in total. The zero-order chi connectivity index (χ0) is 10.4. The fourth-order valence-corrected chi connectivity index (χ4v) is 1.73. The van der Waals surface area contributed by atoms with E-state index in [1.54, 1.807) is 0 Å². The fraction of sp³-hybridized carbons (Fsp3) is 0.636. The lowest BCUT2D eigenvalue weighted by atomic mass is 9.92. The van der Waals surface area contributed by atoms with Crippen molar-refractivity contribution >= 4 is 5.95 Å². The van der Waals surface area contributed by atoms with Crippen molar-refractivity contribution in [1.82, 2.24) is 9.97 Å². The molecule has 78 valence electrons. The summed E-state index contributed by atoms with van der Waals surface area (Å²) in [5.74, 6) is 0.964. The number of anilines is 1. The van der Waals surface area contributed by atoms with Gasteiger partial charge in [0.2, 0.25) is 5.95 Å². The summed E-state index contributed by atoms with van der Waals surface area (Å²) in [5, 5.41) is 0. The number of aromatic nitrogens is 2. The molecule has 0 radical (unpaired) electrons. The molecule has 0 bridgehead atoms. The van der Waals surface area contributed by atoms with E-state index < -0.39 is 0 Å². The summed E-state index contributed by atoms with van der Waals surface area (Å²) in [5.41, 5.74) is 6.68. The summed E-state index contributed by atoms with van der Waals surface area (Å²) < 4.78 is 0. The molecule has 0 fully saturated rings. The third-order valence-corrected chi connectivity index (χ3v) is 2.44. The Kier molecular flexibility index (Phi) is 4.36. The van der Waals surface area contributed by atoms with Crippen LogP contribution in [0.5, 0.6) is 0 Å². The number of rotatable bonds is 5. The van der Waals surface area contributed by atoms with Gasteiger partial charge >= 0.3 is 0 Å². The van der Waals surface area contributed by atoms with Gasteiger partial charge in [-0.25, -0.2) is 9.97 Å². The highest BCUT2D eigenvalue weighted by molar-refractivity contribution is 5.19. The molecule has 1 rings (SSSR count). The van der Waals surface area contributed by atoms with Crippen LogP contribution in [-0.4, -0.2) is 9.97 Å². The molecule has 0 aliphatic rings. The van der Waals surface area contributed by atoms with Crippen molar-refractivity contribution in [2.45, 2.75) is 45.4 Å². The van der Waals surface area contributed by atoms with Crippen molar-refractivity contribution in [3.05, 3.63) is 18.0 Å². The molecule has 0 aromatic carbocycles. The number of nitrogens with two attached hydrogens (primary N) is 1. The number of nitrogen functional groups attached to an aromatic ring is 1. The van der Waals surface area contributed by atoms with Gasteiger partial charge in [0.25, 0.3) is 0 Å². The minimum absolute atomic E-state index is 0.362. The molecule has 1 heterocycles. The van der Waals surface area contributed by atoms with Crippen molar-refractivity contribution < 1.29 is 0 Å². The van der Waals surface area contributed by atoms with Crippen LogP contribution in [0.25, 0.3) is 0 Å². The van der Waals surface area contributed by atoms with Crippen LogP contribution < -0.4 is 5.73 Å². The van der Waals surface area contributed by atoms with Crippen LogP contribution in [0.4, 0.5) is 5.95 Å². The monoisotopic (exact) mass is 193 g/mol. The third-order valence-electron chi connectivity index (χ3n) is 2.44. The maximum atomic E-state index is 5.45. The summed E-state index contributed by atoms with van der Waals surface area (Å²) in [4.78, 5) is 8.06. The highest BCUT2D eigenvalue weighted by atomic mass is 15.0. The van der Waals surface area contributed by atoms with E-state index in [0.29, 0.717) is 11.9 Å². The van der Waals surface area contributed by atoms with Gasteiger partial charge in [0.1, 0.15) is 0 Å². The Balaban J connectivity index is 2.71. The first-order valence-electron chi connectivity index (χ1n) is 5.35. The molecular weight excluding hydrogens is 174 g/mol. The van der Waals surface area contributed by atoms with E-state index in [1.807, 2.05) is 12.4 Å². The summed E-state index contributed by atoms with van der Waals surface area (Å²) >= 11 is 0. The van der Waals surface area contributed by atoms with Gasteiger partial charge < -0.3 is 5.73 Å². The van der Waals surface area contributed by atoms with Crippen LogP contribution in [0.15, 0.2) is 12.4 Å². The molecule has 3 heteroatoms. The summed E-state index contributed by atoms with van der Waals surface area (Å²) in [6, 6.07) is 0. The summed E-state index contributed by atoms with van der Waals surface area (Å²) in [7, 11) is 0. The van der Waals surface area contributed by atoms with Crippen molar-refractivity contribution in [3.63, 3.8) is 0 Å². The Bertz CT molecular complexity index is 250. The molecule has 0 saturated heterocycles. The molecule has 0 aliphatic heterocycles. The van der Waals surface area contributed by atoms with Gasteiger partial charge in [-0.05, 0) is 24.3 Å². The van der Waals surface area contributed by atoms with Crippen LogP contribution in [0.2, 0.25) is 0 Å². The molecule has 3 nitrogen and oxygen atoms in total. The summed E-state index contributed by atoms with van der Waals surface area (Å²) in [6.07, 6.45) is 8.54.